The van der Waals surface area contributed by atoms with Crippen LogP contribution < -0.4 is 5.32 Å². The highest BCUT2D eigenvalue weighted by atomic mass is 19.1. The van der Waals surface area contributed by atoms with Crippen LogP contribution in [0.4, 0.5) is 4.39 Å². The molecule has 1 aromatic rings. The number of halogens is 1. The number of rotatable bonds is 5. The van der Waals surface area contributed by atoms with Crippen LogP contribution in [0.2, 0.25) is 0 Å². The Labute approximate surface area is 120 Å². The Morgan fingerprint density at radius 2 is 2.00 bits per heavy atom. The highest BCUT2D eigenvalue weighted by Crippen LogP contribution is 2.24. The number of likely N-dealkylation sites (N-methyl/N-ethyl adjacent to an activating group) is 1. The maximum absolute atomic E-state index is 13.2. The van der Waals surface area contributed by atoms with Gasteiger partial charge >= 0.3 is 0 Å². The number of phenols is 1. The number of aromatic hydroxyl groups is 1. The molecule has 0 aromatic heterocycles. The number of phenolic OH excluding ortho intramolecular Hbond substituents is 1. The first-order valence-corrected chi connectivity index (χ1v) is 7.19. The zero-order chi connectivity index (χ0) is 14.5. The van der Waals surface area contributed by atoms with E-state index in [0.717, 1.165) is 39.3 Å². The van der Waals surface area contributed by atoms with Crippen LogP contribution in [0, 0.1) is 5.82 Å². The molecule has 1 atom stereocenters. The summed E-state index contributed by atoms with van der Waals surface area (Å²) >= 11 is 0. The van der Waals surface area contributed by atoms with Crippen molar-refractivity contribution >= 4 is 0 Å². The van der Waals surface area contributed by atoms with Gasteiger partial charge in [-0.1, -0.05) is 0 Å². The molecule has 1 aliphatic rings. The molecule has 0 amide bonds. The summed E-state index contributed by atoms with van der Waals surface area (Å²) in [6.45, 7) is 8.17. The molecule has 20 heavy (non-hydrogen) atoms. The van der Waals surface area contributed by atoms with E-state index in [1.165, 1.54) is 18.2 Å². The van der Waals surface area contributed by atoms with Crippen LogP contribution in [0.5, 0.6) is 5.75 Å². The summed E-state index contributed by atoms with van der Waals surface area (Å²) in [5, 5.41) is 13.1. The van der Waals surface area contributed by atoms with Crippen LogP contribution in [0.3, 0.4) is 0 Å². The van der Waals surface area contributed by atoms with Gasteiger partial charge in [-0.05, 0) is 32.2 Å². The zero-order valence-corrected chi connectivity index (χ0v) is 12.3. The number of hydrogen-bond acceptors (Lipinski definition) is 4. The Bertz CT molecular complexity index is 433. The van der Waals surface area contributed by atoms with E-state index in [2.05, 4.69) is 22.2 Å². The molecule has 0 saturated carbocycles. The first-order valence-electron chi connectivity index (χ1n) is 7.19. The molecular formula is C15H24FN3O. The Kier molecular flexibility index (Phi) is 5.34. The number of benzene rings is 1. The molecule has 4 nitrogen and oxygen atoms in total. The zero-order valence-electron chi connectivity index (χ0n) is 12.3. The Morgan fingerprint density at radius 3 is 2.70 bits per heavy atom. The van der Waals surface area contributed by atoms with E-state index in [4.69, 9.17) is 0 Å². The lowest BCUT2D eigenvalue weighted by atomic mass is 10.1. The van der Waals surface area contributed by atoms with Crippen molar-refractivity contribution in [2.24, 2.45) is 0 Å². The van der Waals surface area contributed by atoms with E-state index in [9.17, 15) is 9.50 Å². The molecule has 112 valence electrons. The molecule has 1 aromatic carbocycles. The van der Waals surface area contributed by atoms with Crippen molar-refractivity contribution in [3.63, 3.8) is 0 Å². The molecule has 0 radical (unpaired) electrons. The van der Waals surface area contributed by atoms with Crippen LogP contribution in [0.25, 0.3) is 0 Å². The normalized spacial score (nSPS) is 19.1. The summed E-state index contributed by atoms with van der Waals surface area (Å²) in [5.41, 5.74) is 0.614. The van der Waals surface area contributed by atoms with E-state index in [1.54, 1.807) is 0 Å². The smallest absolute Gasteiger partial charge is 0.123 e. The summed E-state index contributed by atoms with van der Waals surface area (Å²) in [7, 11) is 2.14. The molecule has 1 saturated heterocycles. The van der Waals surface area contributed by atoms with Crippen LogP contribution in [-0.2, 0) is 0 Å². The second-order valence-corrected chi connectivity index (χ2v) is 5.52. The minimum Gasteiger partial charge on any atom is -0.508 e. The highest BCUT2D eigenvalue weighted by Gasteiger charge is 2.14. The Morgan fingerprint density at radius 1 is 1.30 bits per heavy atom. The summed E-state index contributed by atoms with van der Waals surface area (Å²) in [6.07, 6.45) is 0. The molecule has 0 aliphatic carbocycles. The third kappa shape index (κ3) is 4.16. The fraction of sp³-hybridized carbons (Fsp3) is 0.600. The van der Waals surface area contributed by atoms with Crippen molar-refractivity contribution in [1.29, 1.82) is 0 Å². The lowest BCUT2D eigenvalue weighted by molar-refractivity contribution is 0.154. The molecular weight excluding hydrogens is 257 g/mol. The van der Waals surface area contributed by atoms with Gasteiger partial charge < -0.3 is 15.3 Å². The van der Waals surface area contributed by atoms with Gasteiger partial charge in [-0.2, -0.15) is 0 Å². The number of nitrogens with zero attached hydrogens (tertiary/aromatic N) is 2. The van der Waals surface area contributed by atoms with Gasteiger partial charge in [0.2, 0.25) is 0 Å². The minimum atomic E-state index is -0.314. The first kappa shape index (κ1) is 15.2. The highest BCUT2D eigenvalue weighted by molar-refractivity contribution is 5.34. The van der Waals surface area contributed by atoms with Crippen molar-refractivity contribution in [3.05, 3.63) is 29.6 Å². The quantitative estimate of drug-likeness (QED) is 0.856. The van der Waals surface area contributed by atoms with Crippen molar-refractivity contribution in [2.45, 2.75) is 13.0 Å². The van der Waals surface area contributed by atoms with Crippen molar-refractivity contribution < 1.29 is 9.50 Å². The summed E-state index contributed by atoms with van der Waals surface area (Å²) < 4.78 is 13.2. The van der Waals surface area contributed by atoms with E-state index in [1.807, 2.05) is 6.92 Å². The van der Waals surface area contributed by atoms with Crippen molar-refractivity contribution in [1.82, 2.24) is 15.1 Å². The van der Waals surface area contributed by atoms with E-state index in [0.29, 0.717) is 5.56 Å². The largest absolute Gasteiger partial charge is 0.508 e. The Balaban J connectivity index is 1.77. The molecule has 1 unspecified atom stereocenters. The van der Waals surface area contributed by atoms with E-state index >= 15 is 0 Å². The monoisotopic (exact) mass is 281 g/mol. The third-order valence-corrected chi connectivity index (χ3v) is 3.93. The SMILES string of the molecule is CC(NCCN1CCN(C)CC1)c1cc(F)ccc1O. The van der Waals surface area contributed by atoms with E-state index in [-0.39, 0.29) is 17.6 Å². The van der Waals surface area contributed by atoms with Crippen molar-refractivity contribution in [3.8, 4) is 5.75 Å². The Hall–Kier alpha value is -1.17. The molecule has 0 spiro atoms. The van der Waals surface area contributed by atoms with E-state index < -0.39 is 0 Å². The third-order valence-electron chi connectivity index (χ3n) is 3.93. The second-order valence-electron chi connectivity index (χ2n) is 5.52. The van der Waals surface area contributed by atoms with Crippen LogP contribution in [0.15, 0.2) is 18.2 Å². The fourth-order valence-electron chi connectivity index (χ4n) is 2.49. The summed E-state index contributed by atoms with van der Waals surface area (Å²) in [5.74, 6) is -0.170. The molecule has 2 rings (SSSR count). The van der Waals surface area contributed by atoms with Crippen LogP contribution >= 0.6 is 0 Å². The average Bonchev–Trinajstić information content (AvgIpc) is 2.43. The van der Waals surface area contributed by atoms with Gasteiger partial charge in [-0.25, -0.2) is 4.39 Å². The number of nitrogens with one attached hydrogen (secondary N) is 1. The van der Waals surface area contributed by atoms with Gasteiger partial charge in [0.05, 0.1) is 0 Å². The lowest BCUT2D eigenvalue weighted by Crippen LogP contribution is -2.46. The number of piperazine rings is 1. The van der Waals surface area contributed by atoms with Gasteiger partial charge in [0.1, 0.15) is 11.6 Å². The van der Waals surface area contributed by atoms with Crippen LogP contribution in [-0.4, -0.2) is 61.2 Å². The van der Waals surface area contributed by atoms with Gasteiger partial charge in [-0.3, -0.25) is 4.90 Å². The van der Waals surface area contributed by atoms with Gasteiger partial charge in [0, 0.05) is 50.9 Å². The fourth-order valence-corrected chi connectivity index (χ4v) is 2.49. The molecule has 1 heterocycles. The van der Waals surface area contributed by atoms with Gasteiger partial charge in [0.25, 0.3) is 0 Å². The molecule has 5 heteroatoms. The van der Waals surface area contributed by atoms with Crippen molar-refractivity contribution in [2.75, 3.05) is 46.3 Å². The predicted molar refractivity (Wildman–Crippen MR) is 78.4 cm³/mol. The molecule has 2 N–H and O–H groups in total. The van der Waals surface area contributed by atoms with Crippen LogP contribution in [0.1, 0.15) is 18.5 Å². The standard InChI is InChI=1S/C15H24FN3O/c1-12(14-11-13(16)3-4-15(14)20)17-5-6-19-9-7-18(2)8-10-19/h3-4,11-12,17,20H,5-10H2,1-2H3. The average molecular weight is 281 g/mol. The number of hydrogen-bond donors (Lipinski definition) is 2. The first-order chi connectivity index (χ1) is 9.56. The summed E-state index contributed by atoms with van der Waals surface area (Å²) in [6, 6.07) is 4.01. The second kappa shape index (κ2) is 7.02. The van der Waals surface area contributed by atoms with Gasteiger partial charge in [-0.15, -0.1) is 0 Å². The van der Waals surface area contributed by atoms with Gasteiger partial charge in [0.15, 0.2) is 0 Å². The summed E-state index contributed by atoms with van der Waals surface area (Å²) in [4.78, 5) is 4.75. The minimum absolute atomic E-state index is 0.0573. The molecule has 1 aliphatic heterocycles. The maximum Gasteiger partial charge on any atom is 0.123 e. The lowest BCUT2D eigenvalue weighted by Gasteiger charge is -2.32. The topological polar surface area (TPSA) is 38.7 Å². The predicted octanol–water partition coefficient (Wildman–Crippen LogP) is 1.43. The molecule has 1 fully saturated rings. The molecule has 0 bridgehead atoms. The maximum atomic E-state index is 13.2.